The molecule has 1 fully saturated rings. The SMILES string of the molecule is Cc1ccc(C2=C(N3CCN(c4ccccc4)CC3)C(=O)N(C)C2=O)cc1. The zero-order valence-corrected chi connectivity index (χ0v) is 15.7. The highest BCUT2D eigenvalue weighted by molar-refractivity contribution is 6.35. The maximum atomic E-state index is 12.8. The summed E-state index contributed by atoms with van der Waals surface area (Å²) in [7, 11) is 1.56. The highest BCUT2D eigenvalue weighted by Gasteiger charge is 2.40. The molecule has 1 saturated heterocycles. The van der Waals surface area contributed by atoms with Crippen LogP contribution in [-0.2, 0) is 9.59 Å². The molecule has 138 valence electrons. The van der Waals surface area contributed by atoms with Gasteiger partial charge < -0.3 is 9.80 Å². The van der Waals surface area contributed by atoms with Crippen molar-refractivity contribution in [1.29, 1.82) is 0 Å². The Hall–Kier alpha value is -3.08. The van der Waals surface area contributed by atoms with E-state index < -0.39 is 0 Å². The molecule has 0 spiro atoms. The molecule has 5 heteroatoms. The molecular formula is C22H23N3O2. The molecule has 2 heterocycles. The van der Waals surface area contributed by atoms with Crippen LogP contribution in [-0.4, -0.2) is 54.8 Å². The van der Waals surface area contributed by atoms with Crippen molar-refractivity contribution in [3.63, 3.8) is 0 Å². The summed E-state index contributed by atoms with van der Waals surface area (Å²) in [5.74, 6) is -0.423. The van der Waals surface area contributed by atoms with Gasteiger partial charge >= 0.3 is 0 Å². The van der Waals surface area contributed by atoms with E-state index in [1.165, 1.54) is 10.6 Å². The van der Waals surface area contributed by atoms with Gasteiger partial charge in [0.2, 0.25) is 0 Å². The standard InChI is InChI=1S/C22H23N3O2/c1-16-8-10-17(11-9-16)19-20(22(27)23(2)21(19)26)25-14-12-24(13-15-25)18-6-4-3-5-7-18/h3-11H,12-15H2,1-2H3. The number of para-hydroxylation sites is 1. The van der Waals surface area contributed by atoms with E-state index in [1.807, 2.05) is 49.4 Å². The van der Waals surface area contributed by atoms with Gasteiger partial charge in [0.25, 0.3) is 11.8 Å². The zero-order valence-electron chi connectivity index (χ0n) is 15.7. The second-order valence-electron chi connectivity index (χ2n) is 7.07. The number of piperazine rings is 1. The van der Waals surface area contributed by atoms with Crippen LogP contribution in [0.4, 0.5) is 5.69 Å². The van der Waals surface area contributed by atoms with E-state index in [4.69, 9.17) is 0 Å². The van der Waals surface area contributed by atoms with Crippen LogP contribution in [0.5, 0.6) is 0 Å². The van der Waals surface area contributed by atoms with Crippen LogP contribution in [0.3, 0.4) is 0 Å². The first-order valence-corrected chi connectivity index (χ1v) is 9.25. The number of benzene rings is 2. The quantitative estimate of drug-likeness (QED) is 0.788. The van der Waals surface area contributed by atoms with Crippen molar-refractivity contribution in [2.45, 2.75) is 6.92 Å². The van der Waals surface area contributed by atoms with Gasteiger partial charge in [-0.25, -0.2) is 0 Å². The van der Waals surface area contributed by atoms with Gasteiger partial charge in [0.1, 0.15) is 5.70 Å². The van der Waals surface area contributed by atoms with Gasteiger partial charge in [-0.15, -0.1) is 0 Å². The third-order valence-corrected chi connectivity index (χ3v) is 5.32. The lowest BCUT2D eigenvalue weighted by Gasteiger charge is -2.37. The topological polar surface area (TPSA) is 43.9 Å². The minimum atomic E-state index is -0.218. The van der Waals surface area contributed by atoms with Crippen molar-refractivity contribution in [2.24, 2.45) is 0 Å². The lowest BCUT2D eigenvalue weighted by molar-refractivity contribution is -0.135. The van der Waals surface area contributed by atoms with Gasteiger partial charge in [-0.05, 0) is 24.6 Å². The van der Waals surface area contributed by atoms with E-state index in [0.717, 1.165) is 24.2 Å². The number of nitrogens with zero attached hydrogens (tertiary/aromatic N) is 3. The van der Waals surface area contributed by atoms with Crippen LogP contribution in [0.15, 0.2) is 60.3 Å². The van der Waals surface area contributed by atoms with Crippen LogP contribution in [0.1, 0.15) is 11.1 Å². The van der Waals surface area contributed by atoms with Gasteiger partial charge in [0.15, 0.2) is 0 Å². The molecule has 0 saturated carbocycles. The fourth-order valence-electron chi connectivity index (χ4n) is 3.73. The molecule has 2 aliphatic heterocycles. The van der Waals surface area contributed by atoms with Crippen LogP contribution in [0.2, 0.25) is 0 Å². The highest BCUT2D eigenvalue weighted by Crippen LogP contribution is 2.32. The molecule has 2 aromatic carbocycles. The van der Waals surface area contributed by atoms with Crippen LogP contribution in [0.25, 0.3) is 5.57 Å². The number of hydrogen-bond donors (Lipinski definition) is 0. The van der Waals surface area contributed by atoms with Gasteiger partial charge in [-0.1, -0.05) is 48.0 Å². The van der Waals surface area contributed by atoms with E-state index in [0.29, 0.717) is 24.4 Å². The minimum absolute atomic E-state index is 0.205. The van der Waals surface area contributed by atoms with Crippen LogP contribution >= 0.6 is 0 Å². The van der Waals surface area contributed by atoms with Gasteiger partial charge in [-0.2, -0.15) is 0 Å². The van der Waals surface area contributed by atoms with Crippen molar-refractivity contribution in [3.05, 3.63) is 71.4 Å². The molecule has 4 rings (SSSR count). The molecule has 0 aromatic heterocycles. The monoisotopic (exact) mass is 361 g/mol. The molecule has 0 unspecified atom stereocenters. The van der Waals surface area contributed by atoms with Gasteiger partial charge in [-0.3, -0.25) is 14.5 Å². The Morgan fingerprint density at radius 2 is 1.33 bits per heavy atom. The van der Waals surface area contributed by atoms with Crippen molar-refractivity contribution in [1.82, 2.24) is 9.80 Å². The Morgan fingerprint density at radius 1 is 0.741 bits per heavy atom. The fraction of sp³-hybridized carbons (Fsp3) is 0.273. The van der Waals surface area contributed by atoms with Crippen molar-refractivity contribution < 1.29 is 9.59 Å². The normalized spacial score (nSPS) is 17.9. The van der Waals surface area contributed by atoms with Gasteiger partial charge in [0, 0.05) is 38.9 Å². The van der Waals surface area contributed by atoms with E-state index >= 15 is 0 Å². The molecule has 0 radical (unpaired) electrons. The Morgan fingerprint density at radius 3 is 1.96 bits per heavy atom. The summed E-state index contributed by atoms with van der Waals surface area (Å²) in [5, 5.41) is 0. The maximum Gasteiger partial charge on any atom is 0.277 e. The zero-order chi connectivity index (χ0) is 19.0. The number of hydrogen-bond acceptors (Lipinski definition) is 4. The number of amides is 2. The minimum Gasteiger partial charge on any atom is -0.368 e. The largest absolute Gasteiger partial charge is 0.368 e. The number of likely N-dealkylation sites (N-methyl/N-ethyl adjacent to an activating group) is 1. The number of rotatable bonds is 3. The number of aryl methyl sites for hydroxylation is 1. The molecule has 0 bridgehead atoms. The molecular weight excluding hydrogens is 338 g/mol. The van der Waals surface area contributed by atoms with Crippen molar-refractivity contribution >= 4 is 23.1 Å². The van der Waals surface area contributed by atoms with Crippen LogP contribution < -0.4 is 4.90 Å². The highest BCUT2D eigenvalue weighted by atomic mass is 16.2. The van der Waals surface area contributed by atoms with Crippen LogP contribution in [0, 0.1) is 6.92 Å². The maximum absolute atomic E-state index is 12.8. The summed E-state index contributed by atoms with van der Waals surface area (Å²) >= 11 is 0. The van der Waals surface area contributed by atoms with Gasteiger partial charge in [0.05, 0.1) is 5.57 Å². The smallest absolute Gasteiger partial charge is 0.277 e. The summed E-state index contributed by atoms with van der Waals surface area (Å²) in [6.45, 7) is 5.08. The Kier molecular flexibility index (Phi) is 4.44. The second-order valence-corrected chi connectivity index (χ2v) is 7.07. The first-order chi connectivity index (χ1) is 13.1. The third kappa shape index (κ3) is 3.10. The van der Waals surface area contributed by atoms with E-state index in [1.54, 1.807) is 7.05 Å². The predicted octanol–water partition coefficient (Wildman–Crippen LogP) is 2.53. The van der Waals surface area contributed by atoms with E-state index in [9.17, 15) is 9.59 Å². The number of carbonyl (C=O) groups is 2. The molecule has 0 N–H and O–H groups in total. The molecule has 5 nitrogen and oxygen atoms in total. The molecule has 2 aliphatic rings. The average Bonchev–Trinajstić information content (AvgIpc) is 2.93. The Bertz CT molecular complexity index is 895. The lowest BCUT2D eigenvalue weighted by Crippen LogP contribution is -2.47. The molecule has 0 atom stereocenters. The van der Waals surface area contributed by atoms with Crippen molar-refractivity contribution in [2.75, 3.05) is 38.1 Å². The molecule has 2 aromatic rings. The summed E-state index contributed by atoms with van der Waals surface area (Å²) < 4.78 is 0. The third-order valence-electron chi connectivity index (χ3n) is 5.32. The Labute approximate surface area is 159 Å². The predicted molar refractivity (Wildman–Crippen MR) is 106 cm³/mol. The Balaban J connectivity index is 1.63. The summed E-state index contributed by atoms with van der Waals surface area (Å²) in [6, 6.07) is 18.1. The lowest BCUT2D eigenvalue weighted by atomic mass is 10.0. The van der Waals surface area contributed by atoms with E-state index in [-0.39, 0.29) is 11.8 Å². The molecule has 2 amide bonds. The number of imide groups is 1. The molecule has 27 heavy (non-hydrogen) atoms. The first-order valence-electron chi connectivity index (χ1n) is 9.25. The average molecular weight is 361 g/mol. The summed E-state index contributed by atoms with van der Waals surface area (Å²) in [5.41, 5.74) is 4.19. The van der Waals surface area contributed by atoms with Crippen molar-refractivity contribution in [3.8, 4) is 0 Å². The summed E-state index contributed by atoms with van der Waals surface area (Å²) in [4.78, 5) is 31.2. The molecule has 0 aliphatic carbocycles. The summed E-state index contributed by atoms with van der Waals surface area (Å²) in [6.07, 6.45) is 0. The second kappa shape index (κ2) is 6.91. The number of anilines is 1. The van der Waals surface area contributed by atoms with E-state index in [2.05, 4.69) is 21.9 Å². The fourth-order valence-corrected chi connectivity index (χ4v) is 3.73. The number of carbonyl (C=O) groups excluding carboxylic acids is 2. The first kappa shape index (κ1) is 17.3.